The summed E-state index contributed by atoms with van der Waals surface area (Å²) >= 11 is 2.73. The van der Waals surface area contributed by atoms with Crippen LogP contribution in [0.1, 0.15) is 15.4 Å². The highest BCUT2D eigenvalue weighted by molar-refractivity contribution is 8.00. The molecule has 2 N–H and O–H groups in total. The Balaban J connectivity index is 1.51. The number of ether oxygens (including phenoxy) is 1. The molecule has 1 heterocycles. The van der Waals surface area contributed by atoms with E-state index in [4.69, 9.17) is 4.74 Å². The van der Waals surface area contributed by atoms with Gasteiger partial charge in [0.05, 0.1) is 12.9 Å². The third kappa shape index (κ3) is 5.54. The molecule has 28 heavy (non-hydrogen) atoms. The van der Waals surface area contributed by atoms with Crippen molar-refractivity contribution >= 4 is 45.7 Å². The number of nitrogens with zero attached hydrogens (tertiary/aromatic N) is 2. The summed E-state index contributed by atoms with van der Waals surface area (Å²) in [6.07, 6.45) is 0. The smallest absolute Gasteiger partial charge is 0.255 e. The number of benzene rings is 2. The Morgan fingerprint density at radius 3 is 2.57 bits per heavy atom. The molecule has 2 aromatic carbocycles. The number of carbonyl (C=O) groups is 2. The molecule has 0 aliphatic heterocycles. The zero-order valence-corrected chi connectivity index (χ0v) is 16.9. The van der Waals surface area contributed by atoms with E-state index in [-0.39, 0.29) is 17.6 Å². The van der Waals surface area contributed by atoms with Crippen molar-refractivity contribution in [3.8, 4) is 5.75 Å². The predicted molar refractivity (Wildman–Crippen MR) is 111 cm³/mol. The van der Waals surface area contributed by atoms with Crippen LogP contribution in [0.2, 0.25) is 0 Å². The predicted octanol–water partition coefficient (Wildman–Crippen LogP) is 3.84. The maximum absolute atomic E-state index is 12.3. The highest BCUT2D eigenvalue weighted by Gasteiger charge is 2.09. The molecular weight excluding hydrogens is 396 g/mol. The van der Waals surface area contributed by atoms with Crippen molar-refractivity contribution in [3.63, 3.8) is 0 Å². The quantitative estimate of drug-likeness (QED) is 0.571. The number of rotatable bonds is 7. The van der Waals surface area contributed by atoms with Crippen molar-refractivity contribution in [3.05, 3.63) is 59.1 Å². The number of amides is 2. The summed E-state index contributed by atoms with van der Waals surface area (Å²) in [5.41, 5.74) is 1.19. The molecule has 144 valence electrons. The second-order valence-corrected chi connectivity index (χ2v) is 7.90. The van der Waals surface area contributed by atoms with Crippen LogP contribution in [0.5, 0.6) is 5.75 Å². The van der Waals surface area contributed by atoms with Crippen molar-refractivity contribution in [2.45, 2.75) is 11.8 Å². The standard InChI is InChI=1S/C19H18N4O3S2/c1-12-22-23-19(28-12)21-17(24)11-27-16-8-6-14(7-9-16)20-18(25)13-4-3-5-15(10-13)26-2/h3-10H,11H2,1-2H3,(H,20,25)(H,21,23,24). The Morgan fingerprint density at radius 1 is 1.11 bits per heavy atom. The maximum atomic E-state index is 12.3. The molecule has 7 nitrogen and oxygen atoms in total. The minimum Gasteiger partial charge on any atom is -0.497 e. The molecule has 0 unspecified atom stereocenters. The summed E-state index contributed by atoms with van der Waals surface area (Å²) in [5.74, 6) is 0.526. The van der Waals surface area contributed by atoms with Crippen LogP contribution in [0.4, 0.5) is 10.8 Å². The van der Waals surface area contributed by atoms with Crippen LogP contribution in [-0.2, 0) is 4.79 Å². The summed E-state index contributed by atoms with van der Waals surface area (Å²) < 4.78 is 5.13. The van der Waals surface area contributed by atoms with E-state index in [9.17, 15) is 9.59 Å². The first-order valence-corrected chi connectivity index (χ1v) is 10.1. The monoisotopic (exact) mass is 414 g/mol. The molecule has 0 radical (unpaired) electrons. The van der Waals surface area contributed by atoms with Gasteiger partial charge < -0.3 is 10.1 Å². The lowest BCUT2D eigenvalue weighted by atomic mass is 10.2. The van der Waals surface area contributed by atoms with Gasteiger partial charge in [-0.15, -0.1) is 22.0 Å². The lowest BCUT2D eigenvalue weighted by Crippen LogP contribution is -2.13. The molecule has 0 saturated heterocycles. The first kappa shape index (κ1) is 19.8. The van der Waals surface area contributed by atoms with Crippen LogP contribution in [0.15, 0.2) is 53.4 Å². The van der Waals surface area contributed by atoms with Crippen LogP contribution in [-0.4, -0.2) is 34.9 Å². The Kier molecular flexibility index (Phi) is 6.62. The molecule has 0 saturated carbocycles. The molecule has 9 heteroatoms. The number of thioether (sulfide) groups is 1. The van der Waals surface area contributed by atoms with E-state index in [1.165, 1.54) is 23.1 Å². The molecule has 2 amide bonds. The average molecular weight is 415 g/mol. The maximum Gasteiger partial charge on any atom is 0.255 e. The molecular formula is C19H18N4O3S2. The van der Waals surface area contributed by atoms with Gasteiger partial charge in [0.15, 0.2) is 0 Å². The van der Waals surface area contributed by atoms with E-state index in [1.807, 2.05) is 19.1 Å². The lowest BCUT2D eigenvalue weighted by Gasteiger charge is -2.08. The topological polar surface area (TPSA) is 93.2 Å². The number of nitrogens with one attached hydrogen (secondary N) is 2. The first-order chi connectivity index (χ1) is 13.5. The SMILES string of the molecule is COc1cccc(C(=O)Nc2ccc(SCC(=O)Nc3nnc(C)s3)cc2)c1. The molecule has 0 aliphatic carbocycles. The van der Waals surface area contributed by atoms with Crippen LogP contribution in [0, 0.1) is 6.92 Å². The second-order valence-electron chi connectivity index (χ2n) is 5.67. The van der Waals surface area contributed by atoms with Crippen molar-refractivity contribution in [1.29, 1.82) is 0 Å². The van der Waals surface area contributed by atoms with E-state index in [2.05, 4.69) is 20.8 Å². The van der Waals surface area contributed by atoms with Crippen molar-refractivity contribution in [1.82, 2.24) is 10.2 Å². The lowest BCUT2D eigenvalue weighted by molar-refractivity contribution is -0.113. The zero-order chi connectivity index (χ0) is 19.9. The van der Waals surface area contributed by atoms with E-state index in [0.717, 1.165) is 9.90 Å². The molecule has 3 rings (SSSR count). The number of hydrogen-bond donors (Lipinski definition) is 2. The van der Waals surface area contributed by atoms with Crippen LogP contribution in [0.25, 0.3) is 0 Å². The summed E-state index contributed by atoms with van der Waals surface area (Å²) in [7, 11) is 1.56. The van der Waals surface area contributed by atoms with Gasteiger partial charge in [0.25, 0.3) is 5.91 Å². The summed E-state index contributed by atoms with van der Waals surface area (Å²) in [6, 6.07) is 14.3. The number of anilines is 2. The molecule has 0 bridgehead atoms. The van der Waals surface area contributed by atoms with Gasteiger partial charge in [-0.25, -0.2) is 0 Å². The average Bonchev–Trinajstić information content (AvgIpc) is 3.12. The zero-order valence-electron chi connectivity index (χ0n) is 15.3. The van der Waals surface area contributed by atoms with E-state index in [1.54, 1.807) is 43.5 Å². The van der Waals surface area contributed by atoms with E-state index >= 15 is 0 Å². The van der Waals surface area contributed by atoms with Gasteiger partial charge in [-0.2, -0.15) is 0 Å². The van der Waals surface area contributed by atoms with Gasteiger partial charge in [-0.05, 0) is 49.4 Å². The van der Waals surface area contributed by atoms with Crippen LogP contribution in [0.3, 0.4) is 0 Å². The van der Waals surface area contributed by atoms with Gasteiger partial charge in [0.1, 0.15) is 10.8 Å². The fraction of sp³-hybridized carbons (Fsp3) is 0.158. The normalized spacial score (nSPS) is 10.4. The number of carbonyl (C=O) groups excluding carboxylic acids is 2. The molecule has 1 aromatic heterocycles. The minimum atomic E-state index is -0.217. The highest BCUT2D eigenvalue weighted by atomic mass is 32.2. The molecule has 0 spiro atoms. The Labute approximate surface area is 170 Å². The third-order valence-corrected chi connectivity index (χ3v) is 5.35. The molecule has 0 atom stereocenters. The Hall–Kier alpha value is -2.91. The fourth-order valence-corrected chi connectivity index (χ4v) is 3.56. The van der Waals surface area contributed by atoms with E-state index < -0.39 is 0 Å². The number of methoxy groups -OCH3 is 1. The first-order valence-electron chi connectivity index (χ1n) is 8.32. The summed E-state index contributed by atoms with van der Waals surface area (Å²) in [4.78, 5) is 25.2. The largest absolute Gasteiger partial charge is 0.497 e. The minimum absolute atomic E-state index is 0.142. The van der Waals surface area contributed by atoms with Gasteiger partial charge in [0, 0.05) is 16.1 Å². The number of hydrogen-bond acceptors (Lipinski definition) is 7. The molecule has 0 fully saturated rings. The number of aryl methyl sites for hydroxylation is 1. The Bertz CT molecular complexity index is 973. The fourth-order valence-electron chi connectivity index (χ4n) is 2.25. The molecule has 3 aromatic rings. The van der Waals surface area contributed by atoms with Crippen molar-refractivity contribution in [2.75, 3.05) is 23.5 Å². The number of aromatic nitrogens is 2. The van der Waals surface area contributed by atoms with Gasteiger partial charge in [0.2, 0.25) is 11.0 Å². The highest BCUT2D eigenvalue weighted by Crippen LogP contribution is 2.22. The van der Waals surface area contributed by atoms with Gasteiger partial charge in [-0.3, -0.25) is 14.9 Å². The second kappa shape index (κ2) is 9.34. The van der Waals surface area contributed by atoms with Gasteiger partial charge in [-0.1, -0.05) is 17.4 Å². The van der Waals surface area contributed by atoms with Crippen LogP contribution < -0.4 is 15.4 Å². The Morgan fingerprint density at radius 2 is 1.89 bits per heavy atom. The van der Waals surface area contributed by atoms with Crippen LogP contribution >= 0.6 is 23.1 Å². The molecule has 0 aliphatic rings. The third-order valence-electron chi connectivity index (χ3n) is 3.59. The summed E-state index contributed by atoms with van der Waals surface area (Å²) in [6.45, 7) is 1.83. The van der Waals surface area contributed by atoms with Crippen molar-refractivity contribution < 1.29 is 14.3 Å². The summed E-state index contributed by atoms with van der Waals surface area (Å²) in [5, 5.41) is 14.6. The van der Waals surface area contributed by atoms with Gasteiger partial charge >= 0.3 is 0 Å². The van der Waals surface area contributed by atoms with E-state index in [0.29, 0.717) is 22.1 Å². The van der Waals surface area contributed by atoms with Crippen molar-refractivity contribution in [2.24, 2.45) is 0 Å².